The Kier molecular flexibility index (Phi) is 4.99. The summed E-state index contributed by atoms with van der Waals surface area (Å²) in [4.78, 5) is 0. The maximum Gasteiger partial charge on any atom is 0.219 e. The van der Waals surface area contributed by atoms with E-state index in [-0.39, 0.29) is 16.4 Å². The van der Waals surface area contributed by atoms with Crippen molar-refractivity contribution in [2.24, 2.45) is 10.8 Å². The van der Waals surface area contributed by atoms with E-state index in [1.54, 1.807) is 7.11 Å². The molecule has 0 bridgehead atoms. The molecule has 3 heterocycles. The van der Waals surface area contributed by atoms with Crippen molar-refractivity contribution < 1.29 is 24.1 Å². The molecule has 5 nitrogen and oxygen atoms in total. The number of allylic oxidation sites excluding steroid dienone is 1. The van der Waals surface area contributed by atoms with Gasteiger partial charge in [-0.2, -0.15) is 0 Å². The summed E-state index contributed by atoms with van der Waals surface area (Å²) in [5.74, 6) is 1.99. The summed E-state index contributed by atoms with van der Waals surface area (Å²) < 4.78 is 25.6. The topological polar surface area (TPSA) is 57.2 Å². The summed E-state index contributed by atoms with van der Waals surface area (Å²) in [5.41, 5.74) is 1.10. The van der Waals surface area contributed by atoms with Crippen LogP contribution in [0.1, 0.15) is 84.3 Å². The van der Waals surface area contributed by atoms with Gasteiger partial charge in [-0.25, -0.2) is 0 Å². The zero-order valence-corrected chi connectivity index (χ0v) is 21.3. The molecule has 1 aromatic carbocycles. The normalized spacial score (nSPS) is 41.1. The summed E-state index contributed by atoms with van der Waals surface area (Å²) >= 11 is 0. The molecule has 5 atom stereocenters. The largest absolute Gasteiger partial charge is 0.497 e. The van der Waals surface area contributed by atoms with Crippen LogP contribution in [0.2, 0.25) is 0 Å². The third kappa shape index (κ3) is 3.33. The molecule has 3 aliphatic heterocycles. The lowest BCUT2D eigenvalue weighted by molar-refractivity contribution is -0.311. The minimum atomic E-state index is -0.808. The SMILES string of the molecule is COc1cc(C)c2c(c1)CC[C@](C)(CC1=C[C@]3(C)CCC[C@]3(C)[C@@]3(C[C@@H](O)C(C)(C)O3)O1)O2. The quantitative estimate of drug-likeness (QED) is 0.619. The van der Waals surface area contributed by atoms with E-state index in [0.29, 0.717) is 12.8 Å². The van der Waals surface area contributed by atoms with Gasteiger partial charge in [-0.1, -0.05) is 20.3 Å². The molecule has 1 aliphatic carbocycles. The molecule has 5 rings (SSSR count). The first-order valence-corrected chi connectivity index (χ1v) is 12.5. The molecule has 1 saturated heterocycles. The number of hydrogen-bond acceptors (Lipinski definition) is 5. The Bertz CT molecular complexity index is 998. The minimum Gasteiger partial charge on any atom is -0.497 e. The summed E-state index contributed by atoms with van der Waals surface area (Å²) in [6, 6.07) is 4.13. The zero-order valence-electron chi connectivity index (χ0n) is 21.3. The van der Waals surface area contributed by atoms with Gasteiger partial charge in [0.2, 0.25) is 5.79 Å². The van der Waals surface area contributed by atoms with Crippen LogP contribution in [0.4, 0.5) is 0 Å². The molecule has 0 unspecified atom stereocenters. The van der Waals surface area contributed by atoms with Crippen LogP contribution in [0.5, 0.6) is 11.5 Å². The molecule has 33 heavy (non-hydrogen) atoms. The van der Waals surface area contributed by atoms with Crippen LogP contribution in [0.15, 0.2) is 24.0 Å². The predicted octanol–water partition coefficient (Wildman–Crippen LogP) is 5.84. The van der Waals surface area contributed by atoms with Crippen LogP contribution in [0.25, 0.3) is 0 Å². The minimum absolute atomic E-state index is 0.0348. The molecular formula is C28H40O5. The van der Waals surface area contributed by atoms with Crippen molar-refractivity contribution in [2.75, 3.05) is 7.11 Å². The Labute approximate surface area is 198 Å². The molecule has 0 amide bonds. The molecule has 1 saturated carbocycles. The number of benzene rings is 1. The fraction of sp³-hybridized carbons (Fsp3) is 0.714. The first-order chi connectivity index (χ1) is 15.3. The molecule has 0 radical (unpaired) electrons. The van der Waals surface area contributed by atoms with Crippen LogP contribution in [-0.4, -0.2) is 35.3 Å². The van der Waals surface area contributed by atoms with Crippen LogP contribution in [0, 0.1) is 17.8 Å². The van der Waals surface area contributed by atoms with Crippen molar-refractivity contribution in [2.45, 2.75) is 110 Å². The Balaban J connectivity index is 1.47. The lowest BCUT2D eigenvalue weighted by Gasteiger charge is -2.55. The smallest absolute Gasteiger partial charge is 0.219 e. The third-order valence-electron chi connectivity index (χ3n) is 9.32. The Morgan fingerprint density at radius 1 is 1.06 bits per heavy atom. The van der Waals surface area contributed by atoms with Crippen molar-refractivity contribution in [3.63, 3.8) is 0 Å². The molecule has 4 aliphatic rings. The molecule has 5 heteroatoms. The van der Waals surface area contributed by atoms with Gasteiger partial charge < -0.3 is 24.1 Å². The van der Waals surface area contributed by atoms with Gasteiger partial charge in [0.05, 0.1) is 18.8 Å². The number of fused-ring (bicyclic) bond motifs is 3. The molecule has 0 aromatic heterocycles. The van der Waals surface area contributed by atoms with Gasteiger partial charge >= 0.3 is 0 Å². The first kappa shape index (κ1) is 23.0. The average Bonchev–Trinajstić information content (AvgIpc) is 3.15. The van der Waals surface area contributed by atoms with Crippen molar-refractivity contribution in [1.29, 1.82) is 0 Å². The van der Waals surface area contributed by atoms with E-state index in [0.717, 1.165) is 54.9 Å². The molecule has 1 N–H and O–H groups in total. The van der Waals surface area contributed by atoms with Gasteiger partial charge in [-0.3, -0.25) is 0 Å². The van der Waals surface area contributed by atoms with E-state index in [2.05, 4.69) is 39.8 Å². The van der Waals surface area contributed by atoms with Gasteiger partial charge in [0, 0.05) is 23.7 Å². The van der Waals surface area contributed by atoms with Crippen molar-refractivity contribution in [3.8, 4) is 11.5 Å². The van der Waals surface area contributed by atoms with E-state index in [4.69, 9.17) is 18.9 Å². The molecular weight excluding hydrogens is 416 g/mol. The summed E-state index contributed by atoms with van der Waals surface area (Å²) in [6.07, 6.45) is 8.14. The average molecular weight is 457 g/mol. The number of hydrogen-bond donors (Lipinski definition) is 1. The van der Waals surface area contributed by atoms with Crippen LogP contribution < -0.4 is 9.47 Å². The highest BCUT2D eigenvalue weighted by Gasteiger charge is 2.70. The third-order valence-corrected chi connectivity index (χ3v) is 9.32. The second-order valence-corrected chi connectivity index (χ2v) is 12.2. The Morgan fingerprint density at radius 2 is 1.82 bits per heavy atom. The van der Waals surface area contributed by atoms with E-state index < -0.39 is 17.5 Å². The summed E-state index contributed by atoms with van der Waals surface area (Å²) in [5, 5.41) is 10.9. The summed E-state index contributed by atoms with van der Waals surface area (Å²) in [6.45, 7) is 12.9. The molecule has 182 valence electrons. The monoisotopic (exact) mass is 456 g/mol. The number of aryl methyl sites for hydroxylation is 2. The lowest BCUT2D eigenvalue weighted by Crippen LogP contribution is -2.57. The number of aliphatic hydroxyl groups is 1. The number of ether oxygens (including phenoxy) is 4. The van der Waals surface area contributed by atoms with E-state index in [9.17, 15) is 5.11 Å². The van der Waals surface area contributed by atoms with Gasteiger partial charge in [0.25, 0.3) is 0 Å². The number of aliphatic hydroxyl groups excluding tert-OH is 1. The second kappa shape index (κ2) is 7.14. The predicted molar refractivity (Wildman–Crippen MR) is 127 cm³/mol. The van der Waals surface area contributed by atoms with E-state index >= 15 is 0 Å². The van der Waals surface area contributed by atoms with Crippen LogP contribution in [-0.2, 0) is 15.9 Å². The van der Waals surface area contributed by atoms with E-state index in [1.165, 1.54) is 5.56 Å². The summed E-state index contributed by atoms with van der Waals surface area (Å²) in [7, 11) is 1.71. The van der Waals surface area contributed by atoms with Gasteiger partial charge in [0.1, 0.15) is 22.9 Å². The number of methoxy groups -OCH3 is 1. The molecule has 1 aromatic rings. The van der Waals surface area contributed by atoms with Crippen LogP contribution in [0.3, 0.4) is 0 Å². The first-order valence-electron chi connectivity index (χ1n) is 12.5. The standard InChI is InChI=1S/C28H40O5/c1-18-13-20(30-7)14-19-9-12-26(5,32-23(18)19)16-21-15-25(4)10-8-11-27(25,6)28(31-21)17-22(29)24(2,3)33-28/h13-15,22,29H,8-12,16-17H2,1-7H3/t22-,25+,26-,27+,28+/m1/s1. The van der Waals surface area contributed by atoms with Gasteiger partial charge in [-0.05, 0) is 82.7 Å². The highest BCUT2D eigenvalue weighted by atomic mass is 16.7. The second-order valence-electron chi connectivity index (χ2n) is 12.2. The highest BCUT2D eigenvalue weighted by Crippen LogP contribution is 2.67. The lowest BCUT2D eigenvalue weighted by atomic mass is 9.60. The van der Waals surface area contributed by atoms with Gasteiger partial charge in [0.15, 0.2) is 0 Å². The van der Waals surface area contributed by atoms with Crippen LogP contribution >= 0.6 is 0 Å². The van der Waals surface area contributed by atoms with Crippen molar-refractivity contribution in [1.82, 2.24) is 0 Å². The van der Waals surface area contributed by atoms with Crippen molar-refractivity contribution in [3.05, 3.63) is 35.1 Å². The zero-order chi connectivity index (χ0) is 23.9. The fourth-order valence-corrected chi connectivity index (χ4v) is 6.91. The molecule has 1 spiro atoms. The van der Waals surface area contributed by atoms with Crippen molar-refractivity contribution >= 4 is 0 Å². The highest BCUT2D eigenvalue weighted by molar-refractivity contribution is 5.48. The fourth-order valence-electron chi connectivity index (χ4n) is 6.91. The number of rotatable bonds is 3. The maximum absolute atomic E-state index is 10.9. The Morgan fingerprint density at radius 3 is 2.48 bits per heavy atom. The van der Waals surface area contributed by atoms with Gasteiger partial charge in [-0.15, -0.1) is 0 Å². The Hall–Kier alpha value is -1.72. The maximum atomic E-state index is 10.9. The van der Waals surface area contributed by atoms with E-state index in [1.807, 2.05) is 19.9 Å². The molecule has 2 fully saturated rings.